The molecule has 0 radical (unpaired) electrons. The highest BCUT2D eigenvalue weighted by atomic mass is 16.5. The van der Waals surface area contributed by atoms with Crippen molar-refractivity contribution in [1.82, 2.24) is 5.32 Å². The van der Waals surface area contributed by atoms with Gasteiger partial charge in [0.2, 0.25) is 5.91 Å². The summed E-state index contributed by atoms with van der Waals surface area (Å²) in [5, 5.41) is 2.82. The third-order valence-electron chi connectivity index (χ3n) is 2.61. The number of benzene rings is 1. The lowest BCUT2D eigenvalue weighted by Crippen LogP contribution is -2.29. The van der Waals surface area contributed by atoms with Crippen LogP contribution in [0.25, 0.3) is 0 Å². The molecule has 0 fully saturated rings. The Morgan fingerprint density at radius 3 is 2.68 bits per heavy atom. The van der Waals surface area contributed by atoms with Crippen molar-refractivity contribution < 1.29 is 9.53 Å². The molecule has 1 amide bonds. The summed E-state index contributed by atoms with van der Waals surface area (Å²) in [6.45, 7) is 7.63. The van der Waals surface area contributed by atoms with Crippen molar-refractivity contribution in [3.8, 4) is 0 Å². The van der Waals surface area contributed by atoms with Crippen LogP contribution >= 0.6 is 0 Å². The van der Waals surface area contributed by atoms with Crippen molar-refractivity contribution >= 4 is 5.91 Å². The third kappa shape index (κ3) is 6.18. The average Bonchev–Trinajstić information content (AvgIpc) is 2.38. The Balaban J connectivity index is 2.29. The van der Waals surface area contributed by atoms with Crippen molar-refractivity contribution in [2.75, 3.05) is 19.8 Å². The highest BCUT2D eigenvalue weighted by Gasteiger charge is 2.06. The van der Waals surface area contributed by atoms with Gasteiger partial charge >= 0.3 is 0 Å². The Morgan fingerprint density at radius 1 is 1.37 bits per heavy atom. The first-order valence-corrected chi connectivity index (χ1v) is 6.39. The molecule has 19 heavy (non-hydrogen) atoms. The Bertz CT molecular complexity index is 430. The van der Waals surface area contributed by atoms with Gasteiger partial charge < -0.3 is 15.8 Å². The molecule has 4 nitrogen and oxygen atoms in total. The van der Waals surface area contributed by atoms with Gasteiger partial charge in [0.15, 0.2) is 0 Å². The first kappa shape index (κ1) is 15.4. The maximum absolute atomic E-state index is 11.8. The van der Waals surface area contributed by atoms with Gasteiger partial charge in [-0.15, -0.1) is 0 Å². The van der Waals surface area contributed by atoms with Crippen LogP contribution in [0.4, 0.5) is 0 Å². The van der Waals surface area contributed by atoms with Gasteiger partial charge in [-0.2, -0.15) is 0 Å². The smallest absolute Gasteiger partial charge is 0.224 e. The molecule has 0 heterocycles. The minimum Gasteiger partial charge on any atom is -0.375 e. The molecule has 0 unspecified atom stereocenters. The van der Waals surface area contributed by atoms with Gasteiger partial charge in [-0.25, -0.2) is 0 Å². The average molecular weight is 262 g/mol. The number of carbonyl (C=O) groups excluding carboxylic acids is 1. The zero-order valence-electron chi connectivity index (χ0n) is 11.4. The van der Waals surface area contributed by atoms with Gasteiger partial charge in [0, 0.05) is 13.1 Å². The molecule has 1 rings (SSSR count). The summed E-state index contributed by atoms with van der Waals surface area (Å²) in [7, 11) is 0. The minimum absolute atomic E-state index is 0.0141. The normalized spacial score (nSPS) is 10.2. The summed E-state index contributed by atoms with van der Waals surface area (Å²) in [4.78, 5) is 11.8. The number of carbonyl (C=O) groups is 1. The second-order valence-corrected chi connectivity index (χ2v) is 4.51. The molecule has 0 aliphatic rings. The third-order valence-corrected chi connectivity index (χ3v) is 2.61. The maximum atomic E-state index is 11.8. The van der Waals surface area contributed by atoms with Crippen LogP contribution in [0.2, 0.25) is 0 Å². The summed E-state index contributed by atoms with van der Waals surface area (Å²) in [6.07, 6.45) is 0.355. The Hall–Kier alpha value is -1.65. The molecule has 4 heteroatoms. The monoisotopic (exact) mass is 262 g/mol. The van der Waals surface area contributed by atoms with Crippen LogP contribution in [0.15, 0.2) is 36.4 Å². The van der Waals surface area contributed by atoms with E-state index in [0.29, 0.717) is 32.7 Å². The van der Waals surface area contributed by atoms with E-state index in [9.17, 15) is 4.79 Å². The Labute approximate surface area is 114 Å². The fourth-order valence-corrected chi connectivity index (χ4v) is 1.67. The van der Waals surface area contributed by atoms with E-state index in [-0.39, 0.29) is 5.91 Å². The second-order valence-electron chi connectivity index (χ2n) is 4.51. The van der Waals surface area contributed by atoms with Gasteiger partial charge in [-0.3, -0.25) is 4.79 Å². The largest absolute Gasteiger partial charge is 0.375 e. The van der Waals surface area contributed by atoms with Crippen LogP contribution < -0.4 is 11.1 Å². The molecule has 0 aromatic heterocycles. The number of amides is 1. The minimum atomic E-state index is -0.0141. The van der Waals surface area contributed by atoms with Crippen LogP contribution in [-0.2, 0) is 22.5 Å². The first-order chi connectivity index (χ1) is 9.13. The van der Waals surface area contributed by atoms with E-state index < -0.39 is 0 Å². The molecule has 0 saturated heterocycles. The van der Waals surface area contributed by atoms with Crippen molar-refractivity contribution in [3.05, 3.63) is 47.5 Å². The van der Waals surface area contributed by atoms with Crippen LogP contribution in [-0.4, -0.2) is 25.7 Å². The van der Waals surface area contributed by atoms with E-state index in [0.717, 1.165) is 16.7 Å². The van der Waals surface area contributed by atoms with Crippen LogP contribution in [0.5, 0.6) is 0 Å². The molecule has 0 atom stereocenters. The summed E-state index contributed by atoms with van der Waals surface area (Å²) in [6, 6.07) is 7.71. The molecule has 0 bridgehead atoms. The highest BCUT2D eigenvalue weighted by Crippen LogP contribution is 2.08. The topological polar surface area (TPSA) is 64.3 Å². The Morgan fingerprint density at radius 2 is 2.05 bits per heavy atom. The predicted molar refractivity (Wildman–Crippen MR) is 76.7 cm³/mol. The molecule has 0 spiro atoms. The van der Waals surface area contributed by atoms with Crippen LogP contribution in [0.1, 0.15) is 18.1 Å². The zero-order valence-corrected chi connectivity index (χ0v) is 11.4. The van der Waals surface area contributed by atoms with Crippen LogP contribution in [0, 0.1) is 0 Å². The van der Waals surface area contributed by atoms with Crippen molar-refractivity contribution in [2.45, 2.75) is 19.9 Å². The van der Waals surface area contributed by atoms with E-state index in [4.69, 9.17) is 10.5 Å². The quantitative estimate of drug-likeness (QED) is 0.550. The van der Waals surface area contributed by atoms with E-state index >= 15 is 0 Å². The summed E-state index contributed by atoms with van der Waals surface area (Å²) >= 11 is 0. The van der Waals surface area contributed by atoms with E-state index in [2.05, 4.69) is 11.9 Å². The number of nitrogens with two attached hydrogens (primary N) is 1. The van der Waals surface area contributed by atoms with Crippen molar-refractivity contribution in [3.63, 3.8) is 0 Å². The zero-order chi connectivity index (χ0) is 14.1. The number of ether oxygens (including phenoxy) is 1. The SMILES string of the molecule is C=C(C)COCCNC(=O)Cc1ccccc1CN. The summed E-state index contributed by atoms with van der Waals surface area (Å²) in [5.74, 6) is -0.0141. The first-order valence-electron chi connectivity index (χ1n) is 6.39. The van der Waals surface area contributed by atoms with Gasteiger partial charge in [0.1, 0.15) is 0 Å². The van der Waals surface area contributed by atoms with E-state index in [1.807, 2.05) is 31.2 Å². The summed E-state index contributed by atoms with van der Waals surface area (Å²) < 4.78 is 5.31. The number of hydrogen-bond donors (Lipinski definition) is 2. The number of hydrogen-bond acceptors (Lipinski definition) is 3. The van der Waals surface area contributed by atoms with Gasteiger partial charge in [0.25, 0.3) is 0 Å². The van der Waals surface area contributed by atoms with Gasteiger partial charge in [0.05, 0.1) is 19.6 Å². The predicted octanol–water partition coefficient (Wildman–Crippen LogP) is 1.40. The molecule has 3 N–H and O–H groups in total. The van der Waals surface area contributed by atoms with Crippen LogP contribution in [0.3, 0.4) is 0 Å². The standard InChI is InChI=1S/C15H22N2O2/c1-12(2)11-19-8-7-17-15(18)9-13-5-3-4-6-14(13)10-16/h3-6H,1,7-11,16H2,2H3,(H,17,18). The fraction of sp³-hybridized carbons (Fsp3) is 0.400. The molecule has 104 valence electrons. The lowest BCUT2D eigenvalue weighted by molar-refractivity contribution is -0.120. The molecule has 1 aromatic rings. The fourth-order valence-electron chi connectivity index (χ4n) is 1.67. The molecule has 0 saturated carbocycles. The van der Waals surface area contributed by atoms with Gasteiger partial charge in [-0.1, -0.05) is 36.4 Å². The number of nitrogens with one attached hydrogen (secondary N) is 1. The second kappa shape index (κ2) is 8.45. The van der Waals surface area contributed by atoms with Crippen molar-refractivity contribution in [1.29, 1.82) is 0 Å². The summed E-state index contributed by atoms with van der Waals surface area (Å²) in [5.41, 5.74) is 8.60. The van der Waals surface area contributed by atoms with Crippen molar-refractivity contribution in [2.24, 2.45) is 5.73 Å². The Kier molecular flexibility index (Phi) is 6.85. The lowest BCUT2D eigenvalue weighted by Gasteiger charge is -2.09. The van der Waals surface area contributed by atoms with E-state index in [1.165, 1.54) is 0 Å². The van der Waals surface area contributed by atoms with Gasteiger partial charge in [-0.05, 0) is 18.1 Å². The molecular weight excluding hydrogens is 240 g/mol. The lowest BCUT2D eigenvalue weighted by atomic mass is 10.0. The van der Waals surface area contributed by atoms with E-state index in [1.54, 1.807) is 0 Å². The molecule has 1 aromatic carbocycles. The highest BCUT2D eigenvalue weighted by molar-refractivity contribution is 5.78. The number of rotatable bonds is 8. The molecular formula is C15H22N2O2. The maximum Gasteiger partial charge on any atom is 0.224 e. The molecule has 0 aliphatic heterocycles. The molecule has 0 aliphatic carbocycles.